The number of alkyl halides is 5. The molecule has 10 nitrogen and oxygen atoms in total. The lowest BCUT2D eigenvalue weighted by molar-refractivity contribution is -0.287. The number of likely N-dealkylation sites (tertiary alicyclic amines) is 1. The molecule has 0 amide bonds. The molecule has 1 saturated heterocycles. The Morgan fingerprint density at radius 3 is 1.91 bits per heavy atom. The Kier molecular flexibility index (Phi) is 7.04. The summed E-state index contributed by atoms with van der Waals surface area (Å²) in [7, 11) is 0. The summed E-state index contributed by atoms with van der Waals surface area (Å²) < 4.78 is 86.0. The highest BCUT2D eigenvalue weighted by Crippen LogP contribution is 2.50. The molecule has 15 heteroatoms. The largest absolute Gasteiger partial charge is 0.586 e. The van der Waals surface area contributed by atoms with Crippen molar-refractivity contribution in [1.29, 1.82) is 0 Å². The third-order valence-electron chi connectivity index (χ3n) is 8.22. The number of nitrogens with zero attached hydrogens (tertiary/aromatic N) is 5. The second-order valence-corrected chi connectivity index (χ2v) is 11.1. The minimum Gasteiger partial charge on any atom is -0.395 e. The first-order valence-electron chi connectivity index (χ1n) is 14.2. The van der Waals surface area contributed by atoms with Crippen LogP contribution < -0.4 is 18.9 Å². The number of aromatic nitrogens is 4. The van der Waals surface area contributed by atoms with E-state index in [-0.39, 0.29) is 40.7 Å². The van der Waals surface area contributed by atoms with E-state index in [1.54, 1.807) is 0 Å². The van der Waals surface area contributed by atoms with Gasteiger partial charge in [0.05, 0.1) is 6.54 Å². The van der Waals surface area contributed by atoms with E-state index in [1.807, 2.05) is 24.3 Å². The van der Waals surface area contributed by atoms with Gasteiger partial charge in [0.15, 0.2) is 23.0 Å². The molecule has 0 atom stereocenters. The normalized spacial score (nSPS) is 18.8. The number of ether oxygens (including phenoxy) is 4. The molecule has 3 aromatic carbocycles. The molecule has 1 aromatic heterocycles. The van der Waals surface area contributed by atoms with E-state index in [1.165, 1.54) is 41.2 Å². The van der Waals surface area contributed by atoms with Crippen LogP contribution in [0, 0.1) is 5.92 Å². The predicted octanol–water partition coefficient (Wildman–Crippen LogP) is 5.10. The molecule has 0 saturated carbocycles. The van der Waals surface area contributed by atoms with Gasteiger partial charge in [-0.1, -0.05) is 36.4 Å². The van der Waals surface area contributed by atoms with Crippen LogP contribution in [0.1, 0.15) is 29.5 Å². The number of halogens is 5. The number of aryl methyl sites for hydroxylation is 1. The van der Waals surface area contributed by atoms with Crippen molar-refractivity contribution in [3.63, 3.8) is 0 Å². The highest BCUT2D eigenvalue weighted by atomic mass is 19.3. The second-order valence-electron chi connectivity index (χ2n) is 11.1. The van der Waals surface area contributed by atoms with E-state index >= 15 is 0 Å². The number of hydrogen-bond donors (Lipinski definition) is 1. The van der Waals surface area contributed by atoms with E-state index < -0.39 is 30.8 Å². The summed E-state index contributed by atoms with van der Waals surface area (Å²) in [6.45, 7) is 1.23. The molecule has 0 aliphatic carbocycles. The van der Waals surface area contributed by atoms with Gasteiger partial charge in [-0.2, -0.15) is 4.80 Å². The Morgan fingerprint density at radius 2 is 1.36 bits per heavy atom. The average Bonchev–Trinajstić information content (AvgIpc) is 3.69. The molecular weight excluding hydrogens is 605 g/mol. The Morgan fingerprint density at radius 1 is 0.800 bits per heavy atom. The number of piperidine rings is 1. The van der Waals surface area contributed by atoms with Gasteiger partial charge >= 0.3 is 12.6 Å². The van der Waals surface area contributed by atoms with Crippen LogP contribution in [0.5, 0.6) is 23.0 Å². The molecule has 3 aliphatic rings. The Balaban J connectivity index is 1.10. The number of rotatable bonds is 8. The third-order valence-corrected chi connectivity index (χ3v) is 8.22. The standard InChI is InChI=1S/C30H26F5N5O5/c31-11-14-40-37-27(36-38-40)19-3-1-18(2-4-19)17-39-12-9-20(10-13-39)28(41,21-5-7-23-25(15-21)44-29(32,33)42-23)22-6-8-24-26(16-22)45-30(34,35)43-24/h1-8,15-16,20,41H,9-14,17H2. The van der Waals surface area contributed by atoms with Crippen LogP contribution in [0.4, 0.5) is 22.0 Å². The van der Waals surface area contributed by atoms with Crippen molar-refractivity contribution >= 4 is 0 Å². The summed E-state index contributed by atoms with van der Waals surface area (Å²) in [5.41, 5.74) is 0.457. The molecule has 4 aromatic rings. The van der Waals surface area contributed by atoms with Gasteiger partial charge in [-0.25, -0.2) is 4.39 Å². The summed E-state index contributed by atoms with van der Waals surface area (Å²) in [4.78, 5) is 3.41. The van der Waals surface area contributed by atoms with Crippen LogP contribution >= 0.6 is 0 Å². The molecular formula is C30H26F5N5O5. The van der Waals surface area contributed by atoms with Crippen molar-refractivity contribution < 1.29 is 46.0 Å². The van der Waals surface area contributed by atoms with Gasteiger partial charge < -0.3 is 24.1 Å². The van der Waals surface area contributed by atoms with Crippen molar-refractivity contribution in [1.82, 2.24) is 25.1 Å². The molecule has 236 valence electrons. The van der Waals surface area contributed by atoms with Gasteiger partial charge in [-0.3, -0.25) is 4.90 Å². The average molecular weight is 632 g/mol. The Bertz CT molecular complexity index is 1640. The third kappa shape index (κ3) is 5.61. The molecule has 3 aliphatic heterocycles. The fourth-order valence-electron chi connectivity index (χ4n) is 6.07. The maximum absolute atomic E-state index is 13.8. The molecule has 0 bridgehead atoms. The van der Waals surface area contributed by atoms with Crippen molar-refractivity contribution in [2.45, 2.75) is 44.1 Å². The summed E-state index contributed by atoms with van der Waals surface area (Å²) in [5, 5.41) is 24.4. The van der Waals surface area contributed by atoms with Crippen molar-refractivity contribution in [3.05, 3.63) is 77.4 Å². The van der Waals surface area contributed by atoms with Crippen molar-refractivity contribution in [3.8, 4) is 34.4 Å². The molecule has 0 radical (unpaired) electrons. The molecule has 4 heterocycles. The number of benzene rings is 3. The van der Waals surface area contributed by atoms with Gasteiger partial charge in [0.1, 0.15) is 12.3 Å². The number of fused-ring (bicyclic) bond motifs is 2. The highest BCUT2D eigenvalue weighted by molar-refractivity contribution is 5.55. The zero-order valence-electron chi connectivity index (χ0n) is 23.5. The molecule has 0 spiro atoms. The van der Waals surface area contributed by atoms with Gasteiger partial charge in [0.2, 0.25) is 5.82 Å². The predicted molar refractivity (Wildman–Crippen MR) is 146 cm³/mol. The first kappa shape index (κ1) is 29.2. The zero-order chi connectivity index (χ0) is 31.4. The molecule has 0 unspecified atom stereocenters. The van der Waals surface area contributed by atoms with E-state index in [2.05, 4.69) is 39.3 Å². The highest BCUT2D eigenvalue weighted by Gasteiger charge is 2.48. The number of tetrazole rings is 1. The fourth-order valence-corrected chi connectivity index (χ4v) is 6.07. The Hall–Kier alpha value is -4.50. The number of hydrogen-bond acceptors (Lipinski definition) is 9. The topological polar surface area (TPSA) is 104 Å². The summed E-state index contributed by atoms with van der Waals surface area (Å²) >= 11 is 0. The molecule has 45 heavy (non-hydrogen) atoms. The quantitative estimate of drug-likeness (QED) is 0.266. The van der Waals surface area contributed by atoms with Crippen LogP contribution in [-0.2, 0) is 18.7 Å². The molecule has 7 rings (SSSR count). The SMILES string of the molecule is OC(c1ccc2c(c1)OC(F)(F)O2)(c1ccc2c(c1)OC(F)(F)O2)C1CCN(Cc2ccc(-c3nnn(CCF)n3)cc2)CC1. The van der Waals surface area contributed by atoms with Gasteiger partial charge in [0, 0.05) is 12.1 Å². The van der Waals surface area contributed by atoms with Gasteiger partial charge in [-0.15, -0.1) is 27.8 Å². The Labute approximate surface area is 252 Å². The van der Waals surface area contributed by atoms with Gasteiger partial charge in [-0.05, 0) is 78.0 Å². The molecule has 1 fully saturated rings. The molecule has 1 N–H and O–H groups in total. The van der Waals surface area contributed by atoms with Crippen LogP contribution in [0.15, 0.2) is 60.7 Å². The van der Waals surface area contributed by atoms with Crippen LogP contribution in [-0.4, -0.2) is 62.6 Å². The second kappa shape index (κ2) is 10.8. The lowest BCUT2D eigenvalue weighted by Crippen LogP contribution is -2.44. The zero-order valence-corrected chi connectivity index (χ0v) is 23.5. The van der Waals surface area contributed by atoms with E-state index in [4.69, 9.17) is 0 Å². The van der Waals surface area contributed by atoms with Crippen molar-refractivity contribution in [2.75, 3.05) is 19.8 Å². The lowest BCUT2D eigenvalue weighted by atomic mass is 9.72. The lowest BCUT2D eigenvalue weighted by Gasteiger charge is -2.42. The summed E-state index contributed by atoms with van der Waals surface area (Å²) in [6.07, 6.45) is -6.72. The van der Waals surface area contributed by atoms with E-state index in [0.717, 1.165) is 11.1 Å². The maximum atomic E-state index is 13.8. The number of aliphatic hydroxyl groups is 1. The monoisotopic (exact) mass is 631 g/mol. The smallest absolute Gasteiger partial charge is 0.395 e. The minimum atomic E-state index is -3.85. The van der Waals surface area contributed by atoms with E-state index in [9.17, 15) is 27.1 Å². The summed E-state index contributed by atoms with van der Waals surface area (Å²) in [6, 6.07) is 15.7. The van der Waals surface area contributed by atoms with Gasteiger partial charge in [0.25, 0.3) is 0 Å². The first-order chi connectivity index (χ1) is 21.5. The fraction of sp³-hybridized carbons (Fsp3) is 0.367. The minimum absolute atomic E-state index is 0.0331. The van der Waals surface area contributed by atoms with Crippen LogP contribution in [0.3, 0.4) is 0 Å². The van der Waals surface area contributed by atoms with Crippen LogP contribution in [0.2, 0.25) is 0 Å². The summed E-state index contributed by atoms with van der Waals surface area (Å²) in [5.74, 6) is -0.895. The first-order valence-corrected chi connectivity index (χ1v) is 14.2. The van der Waals surface area contributed by atoms with Crippen molar-refractivity contribution in [2.24, 2.45) is 5.92 Å². The van der Waals surface area contributed by atoms with Crippen LogP contribution in [0.25, 0.3) is 11.4 Å². The maximum Gasteiger partial charge on any atom is 0.586 e. The van der Waals surface area contributed by atoms with E-state index in [0.29, 0.717) is 38.3 Å².